The van der Waals surface area contributed by atoms with Crippen LogP contribution in [0.2, 0.25) is 5.02 Å². The molecule has 52 heavy (non-hydrogen) atoms. The molecule has 8 rings (SSSR count). The second-order valence-corrected chi connectivity index (χ2v) is 15.4. The third-order valence-electron chi connectivity index (χ3n) is 11.7. The highest BCUT2D eigenvalue weighted by molar-refractivity contribution is 6.36. The zero-order valence-corrected chi connectivity index (χ0v) is 30.2. The van der Waals surface area contributed by atoms with Crippen molar-refractivity contribution in [3.8, 4) is 12.1 Å². The fourth-order valence-corrected chi connectivity index (χ4v) is 9.38. The van der Waals surface area contributed by atoms with Gasteiger partial charge in [-0.15, -0.1) is 0 Å². The van der Waals surface area contributed by atoms with Crippen LogP contribution in [0.5, 0.6) is 6.01 Å². The van der Waals surface area contributed by atoms with Gasteiger partial charge in [0.05, 0.1) is 47.9 Å². The van der Waals surface area contributed by atoms with E-state index in [1.807, 2.05) is 12.1 Å². The molecule has 1 atom stereocenters. The molecule has 5 aliphatic heterocycles. The highest BCUT2D eigenvalue weighted by Crippen LogP contribution is 2.40. The van der Waals surface area contributed by atoms with Crippen LogP contribution in [0.25, 0.3) is 10.8 Å². The number of likely N-dealkylation sites (tertiary alicyclic amines) is 1. The molecule has 274 valence electrons. The number of aromatic nitrogens is 2. The first kappa shape index (κ1) is 35.0. The van der Waals surface area contributed by atoms with E-state index in [0.29, 0.717) is 63.3 Å². The molecule has 0 N–H and O–H groups in total. The number of amides is 1. The average Bonchev–Trinajstić information content (AvgIpc) is 3.83. The lowest BCUT2D eigenvalue weighted by Gasteiger charge is -2.42. The highest BCUT2D eigenvalue weighted by atomic mass is 35.5. The number of hydrogen-bond donors (Lipinski definition) is 0. The smallest absolute Gasteiger partial charge is 0.318 e. The van der Waals surface area contributed by atoms with Crippen molar-refractivity contribution in [1.29, 1.82) is 5.26 Å². The topological polar surface area (TPSA) is 92.1 Å². The summed E-state index contributed by atoms with van der Waals surface area (Å²) in [5.74, 6) is -2.07. The maximum Gasteiger partial charge on any atom is 0.318 e. The fraction of sp³-hybridized carbons (Fsp3) is 0.538. The maximum absolute atomic E-state index is 13.6. The lowest BCUT2D eigenvalue weighted by Crippen LogP contribution is -2.55. The molecule has 0 unspecified atom stereocenters. The zero-order valence-electron chi connectivity index (χ0n) is 29.5. The van der Waals surface area contributed by atoms with Crippen molar-refractivity contribution >= 4 is 39.8 Å². The SMILES string of the molecule is N#CC[C@H]1CN(c2nc(OCC34CCCN3CCC4)nc3c2CCN(c2cccc4cccc(Cl)c24)C3)CCN1C(=O)/C=C/CN1CCC(F)(F)C1. The van der Waals surface area contributed by atoms with Crippen LogP contribution in [0.3, 0.4) is 0 Å². The lowest BCUT2D eigenvalue weighted by atomic mass is 9.95. The van der Waals surface area contributed by atoms with E-state index in [-0.39, 0.29) is 36.9 Å². The summed E-state index contributed by atoms with van der Waals surface area (Å²) in [6.45, 7) is 5.77. The summed E-state index contributed by atoms with van der Waals surface area (Å²) in [5.41, 5.74) is 3.08. The van der Waals surface area contributed by atoms with Gasteiger partial charge in [0.2, 0.25) is 5.91 Å². The largest absolute Gasteiger partial charge is 0.461 e. The van der Waals surface area contributed by atoms with Gasteiger partial charge < -0.3 is 19.4 Å². The molecule has 2 aromatic carbocycles. The number of ether oxygens (including phenoxy) is 1. The Balaban J connectivity index is 1.05. The summed E-state index contributed by atoms with van der Waals surface area (Å²) in [6.07, 6.45) is 8.43. The predicted molar refractivity (Wildman–Crippen MR) is 197 cm³/mol. The van der Waals surface area contributed by atoms with Crippen LogP contribution < -0.4 is 14.5 Å². The normalized spacial score (nSPS) is 23.0. The van der Waals surface area contributed by atoms with E-state index in [1.165, 1.54) is 18.9 Å². The summed E-state index contributed by atoms with van der Waals surface area (Å²) in [5, 5.41) is 12.6. The minimum atomic E-state index is -2.67. The van der Waals surface area contributed by atoms with Crippen LogP contribution in [0, 0.1) is 11.3 Å². The second kappa shape index (κ2) is 14.4. The van der Waals surface area contributed by atoms with Gasteiger partial charge in [0.15, 0.2) is 0 Å². The Morgan fingerprint density at radius 2 is 1.83 bits per heavy atom. The third kappa shape index (κ3) is 6.91. The number of alkyl halides is 2. The van der Waals surface area contributed by atoms with Gasteiger partial charge in [0.1, 0.15) is 12.4 Å². The monoisotopic (exact) mass is 730 g/mol. The number of nitrogens with zero attached hydrogens (tertiary/aromatic N) is 8. The highest BCUT2D eigenvalue weighted by Gasteiger charge is 2.45. The number of piperazine rings is 1. The fourth-order valence-electron chi connectivity index (χ4n) is 9.10. The van der Waals surface area contributed by atoms with Crippen molar-refractivity contribution < 1.29 is 18.3 Å². The van der Waals surface area contributed by atoms with Crippen LogP contribution in [-0.4, -0.2) is 114 Å². The van der Waals surface area contributed by atoms with E-state index in [0.717, 1.165) is 66.0 Å². The minimum Gasteiger partial charge on any atom is -0.461 e. The summed E-state index contributed by atoms with van der Waals surface area (Å²) in [6, 6.07) is 14.5. The van der Waals surface area contributed by atoms with E-state index < -0.39 is 5.92 Å². The van der Waals surface area contributed by atoms with Crippen molar-refractivity contribution in [2.45, 2.75) is 69.0 Å². The molecular weight excluding hydrogens is 686 g/mol. The summed E-state index contributed by atoms with van der Waals surface area (Å²) in [4.78, 5) is 34.0. The molecule has 4 fully saturated rings. The van der Waals surface area contributed by atoms with Crippen LogP contribution in [-0.2, 0) is 17.8 Å². The van der Waals surface area contributed by atoms with E-state index in [9.17, 15) is 18.8 Å². The molecule has 0 spiro atoms. The van der Waals surface area contributed by atoms with Gasteiger partial charge in [0.25, 0.3) is 5.92 Å². The van der Waals surface area contributed by atoms with E-state index in [4.69, 9.17) is 26.3 Å². The molecule has 0 aliphatic carbocycles. The van der Waals surface area contributed by atoms with Gasteiger partial charge in [-0.3, -0.25) is 14.6 Å². The Bertz CT molecular complexity index is 1890. The van der Waals surface area contributed by atoms with Crippen LogP contribution in [0.4, 0.5) is 20.3 Å². The van der Waals surface area contributed by atoms with Gasteiger partial charge in [-0.25, -0.2) is 8.78 Å². The van der Waals surface area contributed by atoms with Crippen LogP contribution in [0.1, 0.15) is 49.8 Å². The van der Waals surface area contributed by atoms with E-state index in [1.54, 1.807) is 15.9 Å². The quantitative estimate of drug-likeness (QED) is 0.258. The van der Waals surface area contributed by atoms with Gasteiger partial charge in [-0.05, 0) is 62.7 Å². The molecule has 5 aliphatic rings. The van der Waals surface area contributed by atoms with Crippen molar-refractivity contribution in [2.75, 3.05) is 75.3 Å². The maximum atomic E-state index is 13.6. The molecule has 0 bridgehead atoms. The molecule has 4 saturated heterocycles. The molecule has 13 heteroatoms. The number of rotatable bonds is 9. The van der Waals surface area contributed by atoms with Crippen molar-refractivity contribution in [3.05, 3.63) is 64.8 Å². The number of fused-ring (bicyclic) bond motifs is 3. The number of hydrogen-bond acceptors (Lipinski definition) is 9. The Labute approximate surface area is 308 Å². The van der Waals surface area contributed by atoms with Gasteiger partial charge in [-0.1, -0.05) is 41.9 Å². The third-order valence-corrected chi connectivity index (χ3v) is 12.1. The zero-order chi connectivity index (χ0) is 35.9. The number of anilines is 2. The second-order valence-electron chi connectivity index (χ2n) is 15.0. The Hall–Kier alpha value is -4.05. The van der Waals surface area contributed by atoms with E-state index in [2.05, 4.69) is 45.0 Å². The van der Waals surface area contributed by atoms with Crippen LogP contribution in [0.15, 0.2) is 48.6 Å². The average molecular weight is 731 g/mol. The molecule has 10 nitrogen and oxygen atoms in total. The number of benzene rings is 2. The first-order chi connectivity index (χ1) is 25.2. The lowest BCUT2D eigenvalue weighted by molar-refractivity contribution is -0.128. The predicted octanol–water partition coefficient (Wildman–Crippen LogP) is 5.68. The summed E-state index contributed by atoms with van der Waals surface area (Å²) >= 11 is 6.75. The number of nitriles is 1. The standard InChI is InChI=1S/C39H45ClF2N8O2/c40-31-8-1-6-28-7-2-9-33(35(28)31)47-20-12-30-32(25-47)44-37(52-27-38-13-4-18-49(38)19-5-14-38)45-36(30)48-22-23-50(29(24-48)11-16-43)34(51)10-3-17-46-21-15-39(41,42)26-46/h1-3,6-10,29H,4-5,11-15,17-27H2/b10-3+/t29-/m0/s1. The summed E-state index contributed by atoms with van der Waals surface area (Å²) in [7, 11) is 0. The molecule has 1 aromatic heterocycles. The first-order valence-corrected chi connectivity index (χ1v) is 19.0. The molecule has 0 radical (unpaired) electrons. The number of halogens is 3. The molecule has 3 aromatic rings. The molecule has 0 saturated carbocycles. The molecule has 6 heterocycles. The van der Waals surface area contributed by atoms with Gasteiger partial charge >= 0.3 is 6.01 Å². The van der Waals surface area contributed by atoms with Crippen molar-refractivity contribution in [2.24, 2.45) is 0 Å². The van der Waals surface area contributed by atoms with Gasteiger partial charge in [-0.2, -0.15) is 15.2 Å². The van der Waals surface area contributed by atoms with Crippen molar-refractivity contribution in [1.82, 2.24) is 24.7 Å². The van der Waals surface area contributed by atoms with Gasteiger partial charge in [0, 0.05) is 68.4 Å². The van der Waals surface area contributed by atoms with Crippen molar-refractivity contribution in [3.63, 3.8) is 0 Å². The number of carbonyl (C=O) groups is 1. The summed E-state index contributed by atoms with van der Waals surface area (Å²) < 4.78 is 33.8. The molecular formula is C39H45ClF2N8O2. The first-order valence-electron chi connectivity index (χ1n) is 18.6. The Kier molecular flexibility index (Phi) is 9.70. The Morgan fingerprint density at radius 1 is 1.02 bits per heavy atom. The Morgan fingerprint density at radius 3 is 2.60 bits per heavy atom. The van der Waals surface area contributed by atoms with E-state index >= 15 is 0 Å². The minimum absolute atomic E-state index is 0.0399. The van der Waals surface area contributed by atoms with Crippen LogP contribution >= 0.6 is 11.6 Å². The number of carbonyl (C=O) groups excluding carboxylic acids is 1. The molecule has 1 amide bonds.